The number of anilines is 1. The van der Waals surface area contributed by atoms with Gasteiger partial charge in [-0.2, -0.15) is 12.7 Å². The van der Waals surface area contributed by atoms with E-state index in [1.165, 1.54) is 59.8 Å². The maximum absolute atomic E-state index is 13.5. The fraction of sp³-hybridized carbons (Fsp3) is 0.429. The minimum Gasteiger partial charge on any atom is -0.497 e. The number of aryl methyl sites for hydroxylation is 1. The smallest absolute Gasteiger partial charge is 0.280 e. The molecule has 2 N–H and O–H groups in total. The number of aliphatic hydroxyl groups excluding tert-OH is 1. The summed E-state index contributed by atoms with van der Waals surface area (Å²) in [6, 6.07) is 10.1. The second-order valence-corrected chi connectivity index (χ2v) is 14.3. The molecule has 0 bridgehead atoms. The highest BCUT2D eigenvalue weighted by atomic mass is 32.2. The van der Waals surface area contributed by atoms with E-state index < -0.39 is 32.2 Å². The van der Waals surface area contributed by atoms with Gasteiger partial charge in [0.2, 0.25) is 15.9 Å². The molecule has 3 aromatic rings. The molecule has 0 radical (unpaired) electrons. The van der Waals surface area contributed by atoms with Gasteiger partial charge in [-0.1, -0.05) is 6.92 Å². The van der Waals surface area contributed by atoms with Crippen LogP contribution in [0, 0.1) is 5.92 Å². The number of carbonyl (C=O) groups excluding carboxylic acids is 1. The number of aliphatic hydroxyl groups is 1. The number of amides is 1. The van der Waals surface area contributed by atoms with E-state index in [1.807, 2.05) is 6.92 Å². The summed E-state index contributed by atoms with van der Waals surface area (Å²) in [5.74, 6) is 0.207. The van der Waals surface area contributed by atoms with Gasteiger partial charge in [-0.15, -0.1) is 0 Å². The van der Waals surface area contributed by atoms with Crippen molar-refractivity contribution in [3.05, 3.63) is 60.6 Å². The van der Waals surface area contributed by atoms with Gasteiger partial charge in [-0.25, -0.2) is 13.4 Å². The van der Waals surface area contributed by atoms with Gasteiger partial charge in [0, 0.05) is 44.0 Å². The molecule has 2 aromatic carbocycles. The first-order valence-corrected chi connectivity index (χ1v) is 16.5. The van der Waals surface area contributed by atoms with Crippen LogP contribution < -0.4 is 14.2 Å². The molecule has 234 valence electrons. The number of carbonyl (C=O) groups is 1. The summed E-state index contributed by atoms with van der Waals surface area (Å²) in [5.41, 5.74) is 0.603. The van der Waals surface area contributed by atoms with Crippen molar-refractivity contribution in [3.8, 4) is 11.5 Å². The van der Waals surface area contributed by atoms with Crippen LogP contribution in [-0.2, 0) is 38.3 Å². The number of methoxy groups -OCH3 is 1. The molecular formula is C28H37N5O8S2. The van der Waals surface area contributed by atoms with Gasteiger partial charge >= 0.3 is 0 Å². The molecule has 0 saturated heterocycles. The molecule has 13 nitrogen and oxygen atoms in total. The third-order valence-corrected chi connectivity index (χ3v) is 10.4. The summed E-state index contributed by atoms with van der Waals surface area (Å²) in [4.78, 5) is 19.0. The molecule has 0 fully saturated rings. The summed E-state index contributed by atoms with van der Waals surface area (Å²) in [6.45, 7) is 3.46. The van der Waals surface area contributed by atoms with E-state index in [4.69, 9.17) is 9.47 Å². The Balaban J connectivity index is 1.67. The molecule has 0 aliphatic carbocycles. The lowest BCUT2D eigenvalue weighted by molar-refractivity contribution is -0.134. The largest absolute Gasteiger partial charge is 0.497 e. The highest BCUT2D eigenvalue weighted by Crippen LogP contribution is 2.30. The van der Waals surface area contributed by atoms with Gasteiger partial charge in [0.25, 0.3) is 10.0 Å². The van der Waals surface area contributed by atoms with Crippen molar-refractivity contribution in [2.75, 3.05) is 38.6 Å². The molecule has 43 heavy (non-hydrogen) atoms. The zero-order valence-corrected chi connectivity index (χ0v) is 26.3. The standard InChI is InChI=1S/C28H37N5O8S2/c1-19-14-33(20(2)17-34)28(35)13-21-12-22(30-42(36,37)27-16-31(3)18-29-27)6-11-25(21)41-26(19)15-32(4)43(38,39)24-9-7-23(40-5)8-10-24/h6-12,16,18-20,26,30,34H,13-15,17H2,1-5H3/t19-,20+,26-/m0/s1. The van der Waals surface area contributed by atoms with E-state index in [2.05, 4.69) is 9.71 Å². The van der Waals surface area contributed by atoms with Crippen LogP contribution in [0.25, 0.3) is 0 Å². The third-order valence-electron chi connectivity index (χ3n) is 7.33. The quantitative estimate of drug-likeness (QED) is 0.338. The lowest BCUT2D eigenvalue weighted by Gasteiger charge is -2.33. The Morgan fingerprint density at radius 1 is 1.19 bits per heavy atom. The summed E-state index contributed by atoms with van der Waals surface area (Å²) in [6.07, 6.45) is 1.91. The van der Waals surface area contributed by atoms with E-state index in [-0.39, 0.29) is 53.6 Å². The molecule has 4 rings (SSSR count). The van der Waals surface area contributed by atoms with Crippen LogP contribution in [0.1, 0.15) is 19.4 Å². The van der Waals surface area contributed by atoms with Crippen molar-refractivity contribution in [2.45, 2.75) is 42.3 Å². The molecule has 1 amide bonds. The number of aromatic nitrogens is 2. The summed E-state index contributed by atoms with van der Waals surface area (Å²) in [5, 5.41) is 9.71. The number of sulfonamides is 2. The average molecular weight is 636 g/mol. The SMILES string of the molecule is COc1ccc(S(=O)(=O)N(C)C[C@@H]2Oc3ccc(NS(=O)(=O)c4cn(C)cn4)cc3CC(=O)N([C@H](C)CO)C[C@@H]2C)cc1. The molecule has 3 atom stereocenters. The predicted molar refractivity (Wildman–Crippen MR) is 159 cm³/mol. The number of imidazole rings is 1. The fourth-order valence-corrected chi connectivity index (χ4v) is 6.94. The Morgan fingerprint density at radius 2 is 1.88 bits per heavy atom. The van der Waals surface area contributed by atoms with E-state index in [0.717, 1.165) is 0 Å². The first kappa shape index (κ1) is 32.3. The molecule has 0 spiro atoms. The lowest BCUT2D eigenvalue weighted by Crippen LogP contribution is -2.48. The highest BCUT2D eigenvalue weighted by molar-refractivity contribution is 7.92. The number of likely N-dealkylation sites (N-methyl/N-ethyl adjacent to an activating group) is 1. The molecule has 0 unspecified atom stereocenters. The number of nitrogens with zero attached hydrogens (tertiary/aromatic N) is 4. The van der Waals surface area contributed by atoms with Gasteiger partial charge in [0.05, 0.1) is 43.9 Å². The van der Waals surface area contributed by atoms with Crippen molar-refractivity contribution < 1.29 is 36.2 Å². The van der Waals surface area contributed by atoms with E-state index in [0.29, 0.717) is 17.1 Å². The minimum atomic E-state index is -4.00. The second-order valence-electron chi connectivity index (χ2n) is 10.7. The lowest BCUT2D eigenvalue weighted by atomic mass is 10.0. The maximum Gasteiger partial charge on any atom is 0.280 e. The van der Waals surface area contributed by atoms with Crippen molar-refractivity contribution >= 4 is 31.6 Å². The first-order valence-electron chi connectivity index (χ1n) is 13.6. The molecular weight excluding hydrogens is 598 g/mol. The van der Waals surface area contributed by atoms with Gasteiger partial charge < -0.3 is 24.0 Å². The van der Waals surface area contributed by atoms with Crippen molar-refractivity contribution in [2.24, 2.45) is 13.0 Å². The van der Waals surface area contributed by atoms with Crippen LogP contribution in [0.3, 0.4) is 0 Å². The molecule has 1 aliphatic rings. The Bertz CT molecular complexity index is 1660. The minimum absolute atomic E-state index is 0.0431. The Morgan fingerprint density at radius 3 is 2.49 bits per heavy atom. The maximum atomic E-state index is 13.5. The van der Waals surface area contributed by atoms with Crippen molar-refractivity contribution in [1.29, 1.82) is 0 Å². The summed E-state index contributed by atoms with van der Waals surface area (Å²) >= 11 is 0. The molecule has 1 aliphatic heterocycles. The number of ether oxygens (including phenoxy) is 2. The number of rotatable bonds is 10. The molecule has 2 heterocycles. The predicted octanol–water partition coefficient (Wildman–Crippen LogP) is 1.70. The van der Waals surface area contributed by atoms with E-state index in [9.17, 15) is 26.7 Å². The zero-order chi connectivity index (χ0) is 31.5. The topological polar surface area (TPSA) is 160 Å². The fourth-order valence-electron chi connectivity index (χ4n) is 4.73. The summed E-state index contributed by atoms with van der Waals surface area (Å²) < 4.78 is 69.3. The number of nitrogens with one attached hydrogen (secondary N) is 1. The van der Waals surface area contributed by atoms with Gasteiger partial charge in [-0.3, -0.25) is 9.52 Å². The van der Waals surface area contributed by atoms with Gasteiger partial charge in [0.1, 0.15) is 17.6 Å². The average Bonchev–Trinajstić information content (AvgIpc) is 3.43. The monoisotopic (exact) mass is 635 g/mol. The molecule has 15 heteroatoms. The van der Waals surface area contributed by atoms with Crippen LogP contribution in [0.2, 0.25) is 0 Å². The number of benzene rings is 2. The van der Waals surface area contributed by atoms with E-state index in [1.54, 1.807) is 37.1 Å². The van der Waals surface area contributed by atoms with Crippen LogP contribution in [0.5, 0.6) is 11.5 Å². The van der Waals surface area contributed by atoms with Gasteiger partial charge in [-0.05, 0) is 49.4 Å². The van der Waals surface area contributed by atoms with Crippen molar-refractivity contribution in [3.63, 3.8) is 0 Å². The Hall–Kier alpha value is -3.66. The van der Waals surface area contributed by atoms with Crippen molar-refractivity contribution in [1.82, 2.24) is 18.8 Å². The Kier molecular flexibility index (Phi) is 9.69. The number of hydrogen-bond donors (Lipinski definition) is 2. The van der Waals surface area contributed by atoms with Gasteiger partial charge in [0.15, 0.2) is 5.03 Å². The number of fused-ring (bicyclic) bond motifs is 1. The normalized spacial score (nSPS) is 18.7. The second kappa shape index (κ2) is 12.9. The van der Waals surface area contributed by atoms with E-state index >= 15 is 0 Å². The third kappa shape index (κ3) is 7.29. The van der Waals surface area contributed by atoms with Crippen LogP contribution in [0.4, 0.5) is 5.69 Å². The van der Waals surface area contributed by atoms with Crippen LogP contribution in [0.15, 0.2) is 64.9 Å². The van der Waals surface area contributed by atoms with Crippen LogP contribution in [-0.4, -0.2) is 92.6 Å². The first-order chi connectivity index (χ1) is 20.2. The molecule has 0 saturated carbocycles. The Labute approximate surface area is 252 Å². The number of hydrogen-bond acceptors (Lipinski definition) is 9. The van der Waals surface area contributed by atoms with Crippen LogP contribution >= 0.6 is 0 Å². The summed E-state index contributed by atoms with van der Waals surface area (Å²) in [7, 11) is -3.30. The zero-order valence-electron chi connectivity index (χ0n) is 24.7. The highest BCUT2D eigenvalue weighted by Gasteiger charge is 2.33. The molecule has 1 aromatic heterocycles.